The summed E-state index contributed by atoms with van der Waals surface area (Å²) in [6.07, 6.45) is 2.11. The predicted octanol–water partition coefficient (Wildman–Crippen LogP) is 2.70. The molecular weight excluding hydrogens is 307 g/mol. The fourth-order valence-electron chi connectivity index (χ4n) is 1.23. The van der Waals surface area contributed by atoms with Gasteiger partial charge in [0.05, 0.1) is 15.1 Å². The second kappa shape index (κ2) is 6.54. The Hall–Kier alpha value is -0.360. The van der Waals surface area contributed by atoms with Crippen LogP contribution in [0.3, 0.4) is 0 Å². The van der Waals surface area contributed by atoms with Crippen LogP contribution in [0.2, 0.25) is 5.02 Å². The van der Waals surface area contributed by atoms with Crippen molar-refractivity contribution in [1.29, 1.82) is 0 Å². The highest BCUT2D eigenvalue weighted by Gasteiger charge is 2.20. The van der Waals surface area contributed by atoms with Crippen LogP contribution >= 0.6 is 27.5 Å². The van der Waals surface area contributed by atoms with E-state index < -0.39 is 5.60 Å². The van der Waals surface area contributed by atoms with Crippen molar-refractivity contribution in [3.05, 3.63) is 21.8 Å². The fourth-order valence-corrected chi connectivity index (χ4v) is 2.01. The van der Waals surface area contributed by atoms with Gasteiger partial charge in [0.25, 0.3) is 0 Å². The van der Waals surface area contributed by atoms with Crippen molar-refractivity contribution in [2.24, 2.45) is 0 Å². The highest BCUT2D eigenvalue weighted by atomic mass is 79.9. The molecule has 1 aromatic heterocycles. The Bertz CT molecular complexity index is 374. The molecule has 0 saturated carbocycles. The van der Waals surface area contributed by atoms with Gasteiger partial charge >= 0.3 is 0 Å². The standard InChI is InChI=1S/C11H16BrClN2O2/c1-11(16,3-4-17-2)7-15-10-9(12)5-8(13)6-14-10/h5-6,16H,3-4,7H2,1-2H3,(H,14,15). The quantitative estimate of drug-likeness (QED) is 0.845. The Balaban J connectivity index is 2.54. The molecule has 6 heteroatoms. The van der Waals surface area contributed by atoms with Gasteiger partial charge in [-0.25, -0.2) is 4.98 Å². The van der Waals surface area contributed by atoms with E-state index in [4.69, 9.17) is 16.3 Å². The normalized spacial score (nSPS) is 14.4. The molecule has 0 aliphatic rings. The summed E-state index contributed by atoms with van der Waals surface area (Å²) in [7, 11) is 1.61. The predicted molar refractivity (Wildman–Crippen MR) is 72.6 cm³/mol. The van der Waals surface area contributed by atoms with Crippen LogP contribution < -0.4 is 5.32 Å². The molecule has 17 heavy (non-hydrogen) atoms. The summed E-state index contributed by atoms with van der Waals surface area (Å²) in [6.45, 7) is 2.66. The molecule has 0 saturated heterocycles. The first kappa shape index (κ1) is 14.7. The summed E-state index contributed by atoms with van der Waals surface area (Å²) >= 11 is 9.14. The van der Waals surface area contributed by atoms with Crippen LogP contribution in [0.25, 0.3) is 0 Å². The molecule has 1 aromatic rings. The molecule has 0 radical (unpaired) electrons. The molecule has 1 atom stereocenters. The molecular formula is C11H16BrClN2O2. The van der Waals surface area contributed by atoms with Gasteiger partial charge < -0.3 is 15.2 Å². The van der Waals surface area contributed by atoms with Gasteiger partial charge in [0.15, 0.2) is 0 Å². The zero-order chi connectivity index (χ0) is 12.9. The molecule has 0 bridgehead atoms. The van der Waals surface area contributed by atoms with E-state index in [2.05, 4.69) is 26.2 Å². The van der Waals surface area contributed by atoms with Crippen LogP contribution in [0.4, 0.5) is 5.82 Å². The van der Waals surface area contributed by atoms with Crippen LogP contribution in [-0.4, -0.2) is 36.0 Å². The Kier molecular flexibility index (Phi) is 5.66. The van der Waals surface area contributed by atoms with Crippen molar-refractivity contribution >= 4 is 33.3 Å². The second-order valence-electron chi connectivity index (χ2n) is 4.08. The fraction of sp³-hybridized carbons (Fsp3) is 0.545. The lowest BCUT2D eigenvalue weighted by Gasteiger charge is -2.23. The van der Waals surface area contributed by atoms with Crippen molar-refractivity contribution < 1.29 is 9.84 Å². The highest BCUT2D eigenvalue weighted by Crippen LogP contribution is 2.23. The summed E-state index contributed by atoms with van der Waals surface area (Å²) in [4.78, 5) is 4.13. The number of anilines is 1. The van der Waals surface area contributed by atoms with Gasteiger partial charge in [0.2, 0.25) is 0 Å². The van der Waals surface area contributed by atoms with Crippen molar-refractivity contribution in [3.63, 3.8) is 0 Å². The van der Waals surface area contributed by atoms with Gasteiger partial charge in [-0.3, -0.25) is 0 Å². The smallest absolute Gasteiger partial charge is 0.140 e. The lowest BCUT2D eigenvalue weighted by molar-refractivity contribution is 0.0357. The van der Waals surface area contributed by atoms with Crippen molar-refractivity contribution in [1.82, 2.24) is 4.98 Å². The molecule has 0 spiro atoms. The molecule has 0 amide bonds. The lowest BCUT2D eigenvalue weighted by Crippen LogP contribution is -2.34. The van der Waals surface area contributed by atoms with Crippen LogP contribution in [0.15, 0.2) is 16.7 Å². The van der Waals surface area contributed by atoms with Gasteiger partial charge in [-0.2, -0.15) is 0 Å². The third-order valence-corrected chi connectivity index (χ3v) is 3.10. The Morgan fingerprint density at radius 2 is 2.35 bits per heavy atom. The summed E-state index contributed by atoms with van der Waals surface area (Å²) in [5, 5.41) is 13.7. The molecule has 0 aliphatic carbocycles. The van der Waals surface area contributed by atoms with Crippen molar-refractivity contribution in [2.75, 3.05) is 25.6 Å². The highest BCUT2D eigenvalue weighted by molar-refractivity contribution is 9.10. The number of methoxy groups -OCH3 is 1. The van der Waals surface area contributed by atoms with Crippen LogP contribution in [-0.2, 0) is 4.74 Å². The zero-order valence-electron chi connectivity index (χ0n) is 9.83. The molecule has 96 valence electrons. The minimum Gasteiger partial charge on any atom is -0.388 e. The Labute approximate surface area is 114 Å². The van der Waals surface area contributed by atoms with E-state index in [1.807, 2.05) is 0 Å². The number of aromatic nitrogens is 1. The number of nitrogens with one attached hydrogen (secondary N) is 1. The zero-order valence-corrected chi connectivity index (χ0v) is 12.2. The van der Waals surface area contributed by atoms with Gasteiger partial charge in [-0.1, -0.05) is 11.6 Å². The number of rotatable bonds is 6. The van der Waals surface area contributed by atoms with E-state index in [1.54, 1.807) is 26.3 Å². The number of halogens is 2. The van der Waals surface area contributed by atoms with Gasteiger partial charge in [-0.05, 0) is 28.9 Å². The van der Waals surface area contributed by atoms with Crippen LogP contribution in [0.5, 0.6) is 0 Å². The molecule has 0 aliphatic heterocycles. The van der Waals surface area contributed by atoms with Crippen molar-refractivity contribution in [3.8, 4) is 0 Å². The monoisotopic (exact) mass is 322 g/mol. The van der Waals surface area contributed by atoms with Crippen LogP contribution in [0, 0.1) is 0 Å². The maximum absolute atomic E-state index is 10.0. The molecule has 4 nitrogen and oxygen atoms in total. The summed E-state index contributed by atoms with van der Waals surface area (Å²) in [5.41, 5.74) is -0.837. The summed E-state index contributed by atoms with van der Waals surface area (Å²) in [5.74, 6) is 0.659. The average molecular weight is 324 g/mol. The summed E-state index contributed by atoms with van der Waals surface area (Å²) in [6, 6.07) is 1.75. The number of aliphatic hydroxyl groups is 1. The topological polar surface area (TPSA) is 54.4 Å². The molecule has 2 N–H and O–H groups in total. The first-order valence-electron chi connectivity index (χ1n) is 5.21. The van der Waals surface area contributed by atoms with Crippen LogP contribution in [0.1, 0.15) is 13.3 Å². The largest absolute Gasteiger partial charge is 0.388 e. The minimum atomic E-state index is -0.837. The van der Waals surface area contributed by atoms with Gasteiger partial charge in [0.1, 0.15) is 5.82 Å². The number of nitrogens with zero attached hydrogens (tertiary/aromatic N) is 1. The Morgan fingerprint density at radius 1 is 1.65 bits per heavy atom. The second-order valence-corrected chi connectivity index (χ2v) is 5.37. The molecule has 0 fully saturated rings. The van der Waals surface area contributed by atoms with Gasteiger partial charge in [-0.15, -0.1) is 0 Å². The van der Waals surface area contributed by atoms with E-state index in [1.165, 1.54) is 0 Å². The number of hydrogen-bond donors (Lipinski definition) is 2. The SMILES string of the molecule is COCCC(C)(O)CNc1ncc(Cl)cc1Br. The maximum Gasteiger partial charge on any atom is 0.140 e. The first-order valence-corrected chi connectivity index (χ1v) is 6.38. The minimum absolute atomic E-state index is 0.392. The number of pyridine rings is 1. The number of ether oxygens (including phenoxy) is 1. The summed E-state index contributed by atoms with van der Waals surface area (Å²) < 4.78 is 5.71. The molecule has 1 rings (SSSR count). The number of hydrogen-bond acceptors (Lipinski definition) is 4. The van der Waals surface area contributed by atoms with Crippen molar-refractivity contribution in [2.45, 2.75) is 18.9 Å². The van der Waals surface area contributed by atoms with E-state index in [-0.39, 0.29) is 0 Å². The van der Waals surface area contributed by atoms with Gasteiger partial charge in [0, 0.05) is 32.9 Å². The van der Waals surface area contributed by atoms with E-state index in [9.17, 15) is 5.11 Å². The average Bonchev–Trinajstić information content (AvgIpc) is 2.25. The molecule has 1 unspecified atom stereocenters. The molecule has 0 aromatic carbocycles. The third-order valence-electron chi connectivity index (χ3n) is 2.29. The third kappa shape index (κ3) is 5.21. The van der Waals surface area contributed by atoms with E-state index >= 15 is 0 Å². The van der Waals surface area contributed by atoms with E-state index in [0.717, 1.165) is 4.47 Å². The Morgan fingerprint density at radius 3 is 2.94 bits per heavy atom. The van der Waals surface area contributed by atoms with E-state index in [0.29, 0.717) is 30.4 Å². The lowest BCUT2D eigenvalue weighted by atomic mass is 10.0. The molecule has 1 heterocycles. The first-order chi connectivity index (χ1) is 7.94. The maximum atomic E-state index is 10.0.